The van der Waals surface area contributed by atoms with Crippen molar-refractivity contribution in [3.8, 4) is 0 Å². The first-order chi connectivity index (χ1) is 9.25. The molecule has 2 rings (SSSR count). The van der Waals surface area contributed by atoms with E-state index in [0.717, 1.165) is 12.6 Å². The van der Waals surface area contributed by atoms with Crippen LogP contribution in [0.1, 0.15) is 58.8 Å². The number of nitrogens with one attached hydrogen (secondary N) is 1. The van der Waals surface area contributed by atoms with E-state index in [-0.39, 0.29) is 0 Å². The Balaban J connectivity index is 1.66. The van der Waals surface area contributed by atoms with Crippen LogP contribution in [0.15, 0.2) is 0 Å². The number of hydrogen-bond acceptors (Lipinski definition) is 3. The van der Waals surface area contributed by atoms with E-state index in [9.17, 15) is 0 Å². The summed E-state index contributed by atoms with van der Waals surface area (Å²) in [6.07, 6.45) is 9.76. The second-order valence-corrected chi connectivity index (χ2v) is 6.51. The van der Waals surface area contributed by atoms with Crippen molar-refractivity contribution in [2.45, 2.75) is 77.0 Å². The standard InChI is InChI=1S/C16H32N2O/c1-14(2)18(13-15-7-3-4-10-17-15)11-5-8-16-9-6-12-19-16/h14-17H,3-13H2,1-2H3. The largest absolute Gasteiger partial charge is 0.378 e. The molecule has 19 heavy (non-hydrogen) atoms. The summed E-state index contributed by atoms with van der Waals surface area (Å²) in [6, 6.07) is 1.38. The maximum atomic E-state index is 5.71. The molecule has 3 heteroatoms. The summed E-state index contributed by atoms with van der Waals surface area (Å²) < 4.78 is 5.71. The van der Waals surface area contributed by atoms with Gasteiger partial charge in [-0.1, -0.05) is 6.42 Å². The molecule has 1 N–H and O–H groups in total. The molecule has 2 aliphatic rings. The molecular formula is C16H32N2O. The van der Waals surface area contributed by atoms with E-state index in [2.05, 4.69) is 24.1 Å². The minimum absolute atomic E-state index is 0.557. The molecule has 112 valence electrons. The number of rotatable bonds is 7. The highest BCUT2D eigenvalue weighted by molar-refractivity contribution is 4.78. The monoisotopic (exact) mass is 268 g/mol. The third kappa shape index (κ3) is 5.41. The highest BCUT2D eigenvalue weighted by Gasteiger charge is 2.20. The van der Waals surface area contributed by atoms with Crippen LogP contribution in [0.3, 0.4) is 0 Å². The number of hydrogen-bond donors (Lipinski definition) is 1. The van der Waals surface area contributed by atoms with E-state index < -0.39 is 0 Å². The maximum Gasteiger partial charge on any atom is 0.0576 e. The first-order valence-electron chi connectivity index (χ1n) is 8.34. The van der Waals surface area contributed by atoms with E-state index in [1.54, 1.807) is 0 Å². The summed E-state index contributed by atoms with van der Waals surface area (Å²) in [5.74, 6) is 0. The van der Waals surface area contributed by atoms with Crippen LogP contribution in [0, 0.1) is 0 Å². The summed E-state index contributed by atoms with van der Waals surface area (Å²) >= 11 is 0. The Labute approximate surface area is 119 Å². The molecule has 0 bridgehead atoms. The first kappa shape index (κ1) is 15.3. The molecule has 2 unspecified atom stereocenters. The topological polar surface area (TPSA) is 24.5 Å². The number of nitrogens with zero attached hydrogens (tertiary/aromatic N) is 1. The van der Waals surface area contributed by atoms with Crippen molar-refractivity contribution >= 4 is 0 Å². The maximum absolute atomic E-state index is 5.71. The Kier molecular flexibility index (Phi) is 6.62. The number of piperidine rings is 1. The van der Waals surface area contributed by atoms with Crippen LogP contribution in [0.2, 0.25) is 0 Å². The summed E-state index contributed by atoms with van der Waals surface area (Å²) in [6.45, 7) is 9.32. The Morgan fingerprint density at radius 1 is 1.21 bits per heavy atom. The van der Waals surface area contributed by atoms with Crippen molar-refractivity contribution in [1.82, 2.24) is 10.2 Å². The molecule has 0 saturated carbocycles. The zero-order valence-corrected chi connectivity index (χ0v) is 12.9. The molecule has 2 aliphatic heterocycles. The van der Waals surface area contributed by atoms with E-state index >= 15 is 0 Å². The molecule has 2 fully saturated rings. The normalized spacial score (nSPS) is 28.4. The fraction of sp³-hybridized carbons (Fsp3) is 1.00. The quantitative estimate of drug-likeness (QED) is 0.768. The van der Waals surface area contributed by atoms with Crippen LogP contribution in [0.4, 0.5) is 0 Å². The zero-order valence-electron chi connectivity index (χ0n) is 12.9. The predicted molar refractivity (Wildman–Crippen MR) is 80.6 cm³/mol. The van der Waals surface area contributed by atoms with Crippen LogP contribution in [0.25, 0.3) is 0 Å². The zero-order chi connectivity index (χ0) is 13.5. The van der Waals surface area contributed by atoms with Gasteiger partial charge in [-0.05, 0) is 65.5 Å². The minimum atomic E-state index is 0.557. The predicted octanol–water partition coefficient (Wildman–Crippen LogP) is 2.80. The Morgan fingerprint density at radius 3 is 2.74 bits per heavy atom. The molecule has 2 saturated heterocycles. The van der Waals surface area contributed by atoms with Gasteiger partial charge in [0.1, 0.15) is 0 Å². The molecule has 2 atom stereocenters. The molecule has 0 aromatic carbocycles. The first-order valence-corrected chi connectivity index (χ1v) is 8.34. The van der Waals surface area contributed by atoms with Crippen molar-refractivity contribution in [1.29, 1.82) is 0 Å². The average molecular weight is 268 g/mol. The fourth-order valence-corrected chi connectivity index (χ4v) is 3.32. The molecule has 3 nitrogen and oxygen atoms in total. The minimum Gasteiger partial charge on any atom is -0.378 e. The Morgan fingerprint density at radius 2 is 2.11 bits per heavy atom. The van der Waals surface area contributed by atoms with Gasteiger partial charge in [0.15, 0.2) is 0 Å². The molecule has 0 aromatic heterocycles. The van der Waals surface area contributed by atoms with Crippen LogP contribution < -0.4 is 5.32 Å². The van der Waals surface area contributed by atoms with Gasteiger partial charge in [-0.3, -0.25) is 4.90 Å². The Bertz CT molecular complexity index is 233. The average Bonchev–Trinajstić information content (AvgIpc) is 2.92. The highest BCUT2D eigenvalue weighted by Crippen LogP contribution is 2.18. The lowest BCUT2D eigenvalue weighted by atomic mass is 10.0. The summed E-state index contributed by atoms with van der Waals surface area (Å²) in [7, 11) is 0. The molecule has 0 spiro atoms. The third-order valence-corrected chi connectivity index (χ3v) is 4.59. The van der Waals surface area contributed by atoms with Crippen molar-refractivity contribution in [3.63, 3.8) is 0 Å². The van der Waals surface area contributed by atoms with Gasteiger partial charge >= 0.3 is 0 Å². The molecule has 0 amide bonds. The second kappa shape index (κ2) is 8.23. The lowest BCUT2D eigenvalue weighted by molar-refractivity contribution is 0.0954. The van der Waals surface area contributed by atoms with Gasteiger partial charge < -0.3 is 10.1 Å². The van der Waals surface area contributed by atoms with Gasteiger partial charge in [0.05, 0.1) is 6.10 Å². The van der Waals surface area contributed by atoms with Gasteiger partial charge in [0, 0.05) is 25.2 Å². The van der Waals surface area contributed by atoms with E-state index in [0.29, 0.717) is 12.1 Å². The molecule has 0 aromatic rings. The van der Waals surface area contributed by atoms with Crippen LogP contribution in [-0.2, 0) is 4.74 Å². The van der Waals surface area contributed by atoms with Crippen molar-refractivity contribution < 1.29 is 4.74 Å². The van der Waals surface area contributed by atoms with Crippen LogP contribution >= 0.6 is 0 Å². The molecule has 0 radical (unpaired) electrons. The second-order valence-electron chi connectivity index (χ2n) is 6.51. The summed E-state index contributed by atoms with van der Waals surface area (Å²) in [5, 5.41) is 3.67. The van der Waals surface area contributed by atoms with Gasteiger partial charge in [-0.2, -0.15) is 0 Å². The molecular weight excluding hydrogens is 236 g/mol. The van der Waals surface area contributed by atoms with Gasteiger partial charge in [-0.15, -0.1) is 0 Å². The van der Waals surface area contributed by atoms with Gasteiger partial charge in [-0.25, -0.2) is 0 Å². The Hall–Kier alpha value is -0.120. The third-order valence-electron chi connectivity index (χ3n) is 4.59. The van der Waals surface area contributed by atoms with Gasteiger partial charge in [0.25, 0.3) is 0 Å². The SMILES string of the molecule is CC(C)N(CCCC1CCCO1)CC1CCCCN1. The number of ether oxygens (including phenoxy) is 1. The lowest BCUT2D eigenvalue weighted by Crippen LogP contribution is -2.46. The van der Waals surface area contributed by atoms with Crippen molar-refractivity contribution in [2.24, 2.45) is 0 Å². The molecule has 0 aliphatic carbocycles. The summed E-state index contributed by atoms with van der Waals surface area (Å²) in [5.41, 5.74) is 0. The van der Waals surface area contributed by atoms with Crippen LogP contribution in [-0.4, -0.2) is 49.3 Å². The summed E-state index contributed by atoms with van der Waals surface area (Å²) in [4.78, 5) is 2.65. The van der Waals surface area contributed by atoms with E-state index in [1.807, 2.05) is 0 Å². The van der Waals surface area contributed by atoms with Crippen LogP contribution in [0.5, 0.6) is 0 Å². The lowest BCUT2D eigenvalue weighted by Gasteiger charge is -2.33. The van der Waals surface area contributed by atoms with Gasteiger partial charge in [0.2, 0.25) is 0 Å². The fourth-order valence-electron chi connectivity index (χ4n) is 3.32. The highest BCUT2D eigenvalue weighted by atomic mass is 16.5. The molecule has 2 heterocycles. The smallest absolute Gasteiger partial charge is 0.0576 e. The van der Waals surface area contributed by atoms with Crippen molar-refractivity contribution in [3.05, 3.63) is 0 Å². The van der Waals surface area contributed by atoms with E-state index in [1.165, 1.54) is 64.6 Å². The van der Waals surface area contributed by atoms with E-state index in [4.69, 9.17) is 4.74 Å². The van der Waals surface area contributed by atoms with Crippen molar-refractivity contribution in [2.75, 3.05) is 26.2 Å².